The Morgan fingerprint density at radius 1 is 0.766 bits per heavy atom. The summed E-state index contributed by atoms with van der Waals surface area (Å²) in [5.74, 6) is 0.547. The number of hydrogen-bond donors (Lipinski definition) is 1. The van der Waals surface area contributed by atoms with Crippen LogP contribution in [0.15, 0.2) is 103 Å². The van der Waals surface area contributed by atoms with Gasteiger partial charge in [-0.05, 0) is 65.6 Å². The first kappa shape index (κ1) is 34.4. The molecule has 241 valence electrons. The van der Waals surface area contributed by atoms with E-state index in [9.17, 15) is 9.90 Å². The largest absolute Gasteiger partial charge is 0.512 e. The van der Waals surface area contributed by atoms with Crippen molar-refractivity contribution in [2.24, 2.45) is 11.8 Å². The number of aliphatic hydroxyl groups excluding tert-OH is 1. The number of thiophene rings is 1. The Kier molecular flexibility index (Phi) is 11.2. The number of aromatic nitrogens is 2. The van der Waals surface area contributed by atoms with Gasteiger partial charge in [-0.15, -0.1) is 46.7 Å². The van der Waals surface area contributed by atoms with Crippen LogP contribution in [0.25, 0.3) is 64.9 Å². The minimum atomic E-state index is 0. The minimum Gasteiger partial charge on any atom is -0.512 e. The Labute approximate surface area is 295 Å². The van der Waals surface area contributed by atoms with Gasteiger partial charge in [0.1, 0.15) is 6.33 Å². The first-order valence-corrected chi connectivity index (χ1v) is 17.1. The molecule has 6 aromatic rings. The molecule has 0 spiro atoms. The van der Waals surface area contributed by atoms with Crippen LogP contribution in [0.3, 0.4) is 0 Å². The van der Waals surface area contributed by atoms with Crippen molar-refractivity contribution in [2.45, 2.75) is 53.4 Å². The summed E-state index contributed by atoms with van der Waals surface area (Å²) in [4.78, 5) is 21.1. The second kappa shape index (κ2) is 15.3. The number of ketones is 1. The summed E-state index contributed by atoms with van der Waals surface area (Å²) < 4.78 is 2.36. The smallest absolute Gasteiger partial charge is 0.162 e. The number of nitrogens with zero attached hydrogens (tertiary/aromatic N) is 2. The van der Waals surface area contributed by atoms with Crippen LogP contribution < -0.4 is 0 Å². The quantitative estimate of drug-likeness (QED) is 0.0989. The van der Waals surface area contributed by atoms with Crippen LogP contribution in [0.2, 0.25) is 0 Å². The number of allylic oxidation sites excluding steroid dienone is 2. The fourth-order valence-electron chi connectivity index (χ4n) is 6.32. The molecule has 1 radical (unpaired) electrons. The standard InChI is InChI=1S/C28H15N2S.C13H24O2.Ir/c1-5-17-13-18(6-1)20-8-3-10-22(15-20)25-28-26(30-16-29-25)24-12-4-11-23(27(24)31-28)21-9-2-7-19(17)14-21;1-5-10(6-2)12(14)9-13(15)11(7-3)8-4;/h1-9,11-16H;9-11,14H,5-8H2,1-4H3;/q-1;;/b;12-9-;. The molecule has 0 saturated heterocycles. The third kappa shape index (κ3) is 7.01. The molecule has 1 N–H and O–H groups in total. The van der Waals surface area contributed by atoms with Crippen molar-refractivity contribution in [2.75, 3.05) is 0 Å². The fraction of sp³-hybridized carbons (Fsp3) is 0.244. The first-order chi connectivity index (χ1) is 22.4. The zero-order valence-corrected chi connectivity index (χ0v) is 30.4. The van der Waals surface area contributed by atoms with Crippen molar-refractivity contribution in [3.8, 4) is 44.6 Å². The number of carbonyl (C=O) groups excluding carboxylic acids is 1. The van der Waals surface area contributed by atoms with E-state index in [1.807, 2.05) is 33.8 Å². The van der Waals surface area contributed by atoms with Gasteiger partial charge in [-0.3, -0.25) is 9.78 Å². The van der Waals surface area contributed by atoms with Crippen LogP contribution in [-0.2, 0) is 24.9 Å². The van der Waals surface area contributed by atoms with Crippen molar-refractivity contribution in [1.82, 2.24) is 9.97 Å². The number of rotatable bonds is 7. The van der Waals surface area contributed by atoms with E-state index in [4.69, 9.17) is 0 Å². The van der Waals surface area contributed by atoms with Gasteiger partial charge in [-0.2, -0.15) is 0 Å². The van der Waals surface area contributed by atoms with E-state index in [1.165, 1.54) is 44.0 Å². The Bertz CT molecular complexity index is 1940. The number of carbonyl (C=O) groups is 1. The van der Waals surface area contributed by atoms with Crippen molar-refractivity contribution in [3.63, 3.8) is 0 Å². The van der Waals surface area contributed by atoms with Crippen LogP contribution in [-0.4, -0.2) is 20.9 Å². The van der Waals surface area contributed by atoms with Crippen molar-refractivity contribution in [1.29, 1.82) is 0 Å². The summed E-state index contributed by atoms with van der Waals surface area (Å²) in [6.07, 6.45) is 6.58. The molecule has 7 rings (SSSR count). The first-order valence-electron chi connectivity index (χ1n) is 16.3. The average molecular weight is 816 g/mol. The van der Waals surface area contributed by atoms with Crippen molar-refractivity contribution in [3.05, 3.63) is 109 Å². The molecular formula is C41H39IrN2O2S-. The Balaban J connectivity index is 0.000000234. The maximum Gasteiger partial charge on any atom is 0.162 e. The molecule has 6 heteroatoms. The zero-order valence-electron chi connectivity index (χ0n) is 27.2. The van der Waals surface area contributed by atoms with Crippen LogP contribution >= 0.6 is 11.3 Å². The topological polar surface area (TPSA) is 63.1 Å². The molecular weight excluding hydrogens is 777 g/mol. The van der Waals surface area contributed by atoms with Gasteiger partial charge in [0.25, 0.3) is 0 Å². The third-order valence-electron chi connectivity index (χ3n) is 9.12. The van der Waals surface area contributed by atoms with Crippen molar-refractivity contribution >= 4 is 37.4 Å². The van der Waals surface area contributed by atoms with Crippen molar-refractivity contribution < 1.29 is 30.0 Å². The predicted molar refractivity (Wildman–Crippen MR) is 193 cm³/mol. The molecule has 1 aliphatic heterocycles. The van der Waals surface area contributed by atoms with E-state index in [-0.39, 0.29) is 43.5 Å². The van der Waals surface area contributed by atoms with Crippen LogP contribution in [0.5, 0.6) is 0 Å². The molecule has 8 bridgehead atoms. The van der Waals surface area contributed by atoms with E-state index >= 15 is 0 Å². The Morgan fingerprint density at radius 3 is 2.02 bits per heavy atom. The van der Waals surface area contributed by atoms with Crippen LogP contribution in [0, 0.1) is 17.9 Å². The summed E-state index contributed by atoms with van der Waals surface area (Å²) in [6.45, 7) is 8.07. The maximum absolute atomic E-state index is 11.7. The monoisotopic (exact) mass is 816 g/mol. The summed E-state index contributed by atoms with van der Waals surface area (Å²) in [5, 5.41) is 10.9. The molecule has 0 atom stereocenters. The summed E-state index contributed by atoms with van der Waals surface area (Å²) in [5.41, 5.74) is 10.2. The average Bonchev–Trinajstić information content (AvgIpc) is 3.49. The number of benzene rings is 4. The maximum atomic E-state index is 11.7. The molecule has 1 aliphatic rings. The second-order valence-corrected chi connectivity index (χ2v) is 12.9. The van der Waals surface area contributed by atoms with Crippen LogP contribution in [0.4, 0.5) is 0 Å². The van der Waals surface area contributed by atoms with E-state index in [0.717, 1.165) is 52.7 Å². The molecule has 47 heavy (non-hydrogen) atoms. The van der Waals surface area contributed by atoms with E-state index in [2.05, 4.69) is 94.9 Å². The van der Waals surface area contributed by atoms with Gasteiger partial charge in [0.15, 0.2) is 5.78 Å². The van der Waals surface area contributed by atoms with Gasteiger partial charge in [0, 0.05) is 58.5 Å². The van der Waals surface area contributed by atoms with Gasteiger partial charge in [-0.1, -0.05) is 82.3 Å². The molecule has 4 nitrogen and oxygen atoms in total. The van der Waals surface area contributed by atoms with Crippen LogP contribution in [0.1, 0.15) is 53.4 Å². The molecule has 4 aromatic carbocycles. The normalized spacial score (nSPS) is 11.8. The fourth-order valence-corrected chi connectivity index (χ4v) is 7.62. The van der Waals surface area contributed by atoms with Gasteiger partial charge in [0.2, 0.25) is 0 Å². The van der Waals surface area contributed by atoms with E-state index in [0.29, 0.717) is 0 Å². The van der Waals surface area contributed by atoms with E-state index < -0.39 is 0 Å². The number of fused-ring (bicyclic) bond motifs is 11. The summed E-state index contributed by atoms with van der Waals surface area (Å²) >= 11 is 1.78. The summed E-state index contributed by atoms with van der Waals surface area (Å²) in [7, 11) is 0. The summed E-state index contributed by atoms with van der Waals surface area (Å²) in [6, 6.07) is 33.8. The molecule has 0 unspecified atom stereocenters. The number of hydrogen-bond acceptors (Lipinski definition) is 5. The molecule has 0 fully saturated rings. The zero-order chi connectivity index (χ0) is 32.2. The SMILES string of the molecule is CCC(CC)C(=O)/C=C(\O)C(CC)CC.[Ir].[c-]1ccc2cc1-c1ncnc3c1sc1c(cccc13)-c1cccc(c1)-c1cccc-2c1. The third-order valence-corrected chi connectivity index (χ3v) is 10.4. The molecule has 0 saturated carbocycles. The molecule has 0 aliphatic carbocycles. The molecule has 2 aromatic heterocycles. The molecule has 0 amide bonds. The second-order valence-electron chi connectivity index (χ2n) is 11.8. The predicted octanol–water partition coefficient (Wildman–Crippen LogP) is 11.5. The minimum absolute atomic E-state index is 0. The van der Waals surface area contributed by atoms with Gasteiger partial charge in [-0.25, -0.2) is 4.98 Å². The number of aliphatic hydroxyl groups is 1. The Hall–Kier alpha value is -3.96. The molecule has 3 heterocycles. The van der Waals surface area contributed by atoms with Gasteiger partial charge >= 0.3 is 0 Å². The van der Waals surface area contributed by atoms with Gasteiger partial charge < -0.3 is 5.11 Å². The Morgan fingerprint density at radius 2 is 1.36 bits per heavy atom. The van der Waals surface area contributed by atoms with E-state index in [1.54, 1.807) is 17.7 Å². The van der Waals surface area contributed by atoms with Gasteiger partial charge in [0.05, 0.1) is 11.3 Å².